The smallest absolute Gasteiger partial charge is 0.200 e. The second-order valence-electron chi connectivity index (χ2n) is 8.16. The largest absolute Gasteiger partial charge is 0.276 e. The minimum atomic E-state index is -3.87. The third-order valence-corrected chi connectivity index (χ3v) is 7.97. The van der Waals surface area contributed by atoms with E-state index in [9.17, 15) is 16.8 Å². The maximum atomic E-state index is 12.8. The van der Waals surface area contributed by atoms with Crippen LogP contribution in [0.25, 0.3) is 0 Å². The third-order valence-electron chi connectivity index (χ3n) is 5.52. The number of nitrogens with zero attached hydrogens (tertiary/aromatic N) is 2. The summed E-state index contributed by atoms with van der Waals surface area (Å²) in [5.41, 5.74) is 2.39. The van der Waals surface area contributed by atoms with Crippen molar-refractivity contribution in [3.63, 3.8) is 0 Å². The molecule has 0 saturated carbocycles. The normalized spacial score (nSPS) is 12.6. The molecule has 0 spiro atoms. The molecule has 0 saturated heterocycles. The van der Waals surface area contributed by atoms with E-state index in [2.05, 4.69) is 19.9 Å². The molecule has 0 unspecified atom stereocenters. The molecule has 0 aliphatic carbocycles. The summed E-state index contributed by atoms with van der Waals surface area (Å²) in [6, 6.07) is 34.3. The van der Waals surface area contributed by atoms with Crippen LogP contribution in [0, 0.1) is 0 Å². The van der Waals surface area contributed by atoms with Crippen LogP contribution in [0.2, 0.25) is 0 Å². The maximum absolute atomic E-state index is 12.8. The molecular weight excluding hydrogens is 520 g/mol. The van der Waals surface area contributed by atoms with E-state index in [1.807, 2.05) is 60.7 Å². The van der Waals surface area contributed by atoms with Gasteiger partial charge in [-0.3, -0.25) is 0 Å². The van der Waals surface area contributed by atoms with Gasteiger partial charge in [0.2, 0.25) is 0 Å². The summed E-state index contributed by atoms with van der Waals surface area (Å²) in [7, 11) is -7.75. The quantitative estimate of drug-likeness (QED) is 0.212. The molecule has 0 amide bonds. The molecule has 0 atom stereocenters. The van der Waals surface area contributed by atoms with Gasteiger partial charge in [-0.15, -0.1) is 0 Å². The number of benzene rings is 4. The highest BCUT2D eigenvalue weighted by Gasteiger charge is 2.16. The van der Waals surface area contributed by atoms with Crippen LogP contribution in [-0.2, 0) is 20.0 Å². The minimum Gasteiger partial charge on any atom is -0.200 e. The van der Waals surface area contributed by atoms with Crippen LogP contribution in [0.4, 0.5) is 0 Å². The maximum Gasteiger partial charge on any atom is 0.276 e. The molecule has 194 valence electrons. The summed E-state index contributed by atoms with van der Waals surface area (Å²) in [6.07, 6.45) is 0.560. The van der Waals surface area contributed by atoms with Gasteiger partial charge in [0.15, 0.2) is 0 Å². The zero-order valence-electron chi connectivity index (χ0n) is 20.3. The summed E-state index contributed by atoms with van der Waals surface area (Å²) < 4.78 is 51.0. The van der Waals surface area contributed by atoms with Crippen LogP contribution in [0.3, 0.4) is 0 Å². The first kappa shape index (κ1) is 26.8. The van der Waals surface area contributed by atoms with Gasteiger partial charge in [0, 0.05) is 0 Å². The van der Waals surface area contributed by atoms with Crippen molar-refractivity contribution in [3.8, 4) is 0 Å². The molecule has 2 N–H and O–H groups in total. The van der Waals surface area contributed by atoms with Crippen molar-refractivity contribution in [2.75, 3.05) is 0 Å². The van der Waals surface area contributed by atoms with Gasteiger partial charge in [-0.25, -0.2) is 0 Å². The van der Waals surface area contributed by atoms with E-state index < -0.39 is 20.0 Å². The van der Waals surface area contributed by atoms with Crippen molar-refractivity contribution in [3.05, 3.63) is 132 Å². The molecule has 0 heterocycles. The Morgan fingerprint density at radius 1 is 0.474 bits per heavy atom. The number of nitrogens with one attached hydrogen (secondary N) is 2. The average molecular weight is 547 g/mol. The summed E-state index contributed by atoms with van der Waals surface area (Å²) in [4.78, 5) is 4.84. The van der Waals surface area contributed by atoms with Gasteiger partial charge in [-0.2, -0.15) is 36.7 Å². The lowest BCUT2D eigenvalue weighted by Gasteiger charge is -2.12. The van der Waals surface area contributed by atoms with Crippen LogP contribution >= 0.6 is 0 Å². The number of hydrazone groups is 2. The highest BCUT2D eigenvalue weighted by Crippen LogP contribution is 2.14. The van der Waals surface area contributed by atoms with Gasteiger partial charge >= 0.3 is 0 Å². The Morgan fingerprint density at radius 3 is 1.08 bits per heavy atom. The first-order valence-electron chi connectivity index (χ1n) is 11.7. The second-order valence-corrected chi connectivity index (χ2v) is 11.5. The van der Waals surface area contributed by atoms with Gasteiger partial charge < -0.3 is 0 Å². The van der Waals surface area contributed by atoms with Crippen LogP contribution in [0.1, 0.15) is 24.0 Å². The van der Waals surface area contributed by atoms with Crippen LogP contribution < -0.4 is 9.66 Å². The van der Waals surface area contributed by atoms with Crippen LogP contribution in [-0.4, -0.2) is 28.3 Å². The highest BCUT2D eigenvalue weighted by atomic mass is 32.2. The second kappa shape index (κ2) is 12.3. The van der Waals surface area contributed by atoms with E-state index in [1.165, 1.54) is 24.3 Å². The molecule has 38 heavy (non-hydrogen) atoms. The van der Waals surface area contributed by atoms with E-state index in [0.29, 0.717) is 11.4 Å². The highest BCUT2D eigenvalue weighted by molar-refractivity contribution is 7.89. The first-order chi connectivity index (χ1) is 18.4. The van der Waals surface area contributed by atoms with Crippen molar-refractivity contribution in [2.24, 2.45) is 10.2 Å². The predicted octanol–water partition coefficient (Wildman–Crippen LogP) is 4.53. The molecule has 0 bridgehead atoms. The van der Waals surface area contributed by atoms with Crippen molar-refractivity contribution in [1.82, 2.24) is 9.66 Å². The number of hydrogen-bond donors (Lipinski definition) is 2. The molecule has 4 rings (SSSR count). The number of hydrogen-bond acceptors (Lipinski definition) is 6. The van der Waals surface area contributed by atoms with E-state index in [0.717, 1.165) is 11.1 Å². The topological polar surface area (TPSA) is 117 Å². The average Bonchev–Trinajstić information content (AvgIpc) is 2.96. The summed E-state index contributed by atoms with van der Waals surface area (Å²) >= 11 is 0. The van der Waals surface area contributed by atoms with E-state index in [-0.39, 0.29) is 22.6 Å². The van der Waals surface area contributed by atoms with E-state index in [1.54, 1.807) is 36.4 Å². The van der Waals surface area contributed by atoms with Gasteiger partial charge in [0.05, 0.1) is 21.2 Å². The standard InChI is InChI=1S/C28H26N4O4S2/c33-37(34,25-17-9-3-10-18-25)31-29-27(23-13-5-1-6-14-23)21-22-28(24-15-7-2-8-16-24)30-32-38(35,36)26-19-11-4-12-20-26/h1-20,31-32H,21-22H2/b29-27+,30-28+. The zero-order valence-corrected chi connectivity index (χ0v) is 21.9. The van der Waals surface area contributed by atoms with Gasteiger partial charge in [0.1, 0.15) is 0 Å². The monoisotopic (exact) mass is 546 g/mol. The SMILES string of the molecule is O=S(=O)(N/N=C(\CC/C(=N\NS(=O)(=O)c1ccccc1)c1ccccc1)c1ccccc1)c1ccccc1. The Balaban J connectivity index is 1.62. The molecular formula is C28H26N4O4S2. The lowest BCUT2D eigenvalue weighted by molar-refractivity contribution is 0.582. The van der Waals surface area contributed by atoms with Crippen molar-refractivity contribution < 1.29 is 16.8 Å². The first-order valence-corrected chi connectivity index (χ1v) is 14.7. The van der Waals surface area contributed by atoms with E-state index in [4.69, 9.17) is 0 Å². The molecule has 8 nitrogen and oxygen atoms in total. The van der Waals surface area contributed by atoms with E-state index >= 15 is 0 Å². The van der Waals surface area contributed by atoms with Gasteiger partial charge in [-0.05, 0) is 48.2 Å². The lowest BCUT2D eigenvalue weighted by atomic mass is 10.0. The Kier molecular flexibility index (Phi) is 8.67. The summed E-state index contributed by atoms with van der Waals surface area (Å²) in [5.74, 6) is 0. The Morgan fingerprint density at radius 2 is 0.763 bits per heavy atom. The van der Waals surface area contributed by atoms with Crippen LogP contribution in [0.5, 0.6) is 0 Å². The fourth-order valence-corrected chi connectivity index (χ4v) is 5.26. The van der Waals surface area contributed by atoms with Crippen molar-refractivity contribution in [1.29, 1.82) is 0 Å². The number of rotatable bonds is 11. The van der Waals surface area contributed by atoms with Gasteiger partial charge in [-0.1, -0.05) is 97.1 Å². The van der Waals surface area contributed by atoms with Crippen molar-refractivity contribution in [2.45, 2.75) is 22.6 Å². The molecule has 0 aliphatic rings. The summed E-state index contributed by atoms with van der Waals surface area (Å²) in [5, 5.41) is 8.50. The third kappa shape index (κ3) is 7.15. The summed E-state index contributed by atoms with van der Waals surface area (Å²) in [6.45, 7) is 0. The molecule has 10 heteroatoms. The lowest BCUT2D eigenvalue weighted by Crippen LogP contribution is -2.22. The van der Waals surface area contributed by atoms with Gasteiger partial charge in [0.25, 0.3) is 20.0 Å². The van der Waals surface area contributed by atoms with Crippen molar-refractivity contribution >= 4 is 31.5 Å². The zero-order chi connectivity index (χ0) is 26.8. The van der Waals surface area contributed by atoms with Crippen LogP contribution in [0.15, 0.2) is 141 Å². The Hall–Kier alpha value is -4.28. The fourth-order valence-electron chi connectivity index (χ4n) is 3.56. The Bertz CT molecular complexity index is 1480. The molecule has 4 aromatic rings. The number of sulfonamides is 2. The minimum absolute atomic E-state index is 0.0954. The molecule has 0 aromatic heterocycles. The molecule has 0 radical (unpaired) electrons. The molecule has 0 fully saturated rings. The predicted molar refractivity (Wildman–Crippen MR) is 149 cm³/mol. The Labute approximate surface area is 222 Å². The fraction of sp³-hybridized carbons (Fsp3) is 0.0714. The molecule has 4 aromatic carbocycles. The molecule has 0 aliphatic heterocycles.